The maximum atomic E-state index is 3.80. The number of nitrogens with one attached hydrogen (secondary N) is 1. The molecule has 0 aromatic heterocycles. The van der Waals surface area contributed by atoms with Crippen molar-refractivity contribution in [1.82, 2.24) is 5.32 Å². The zero-order chi connectivity index (χ0) is 9.60. The van der Waals surface area contributed by atoms with Crippen molar-refractivity contribution in [3.05, 3.63) is 0 Å². The minimum absolute atomic E-state index is 0.562. The maximum Gasteiger partial charge on any atom is 0.0256 e. The molecule has 1 aliphatic heterocycles. The first kappa shape index (κ1) is 9.53. The van der Waals surface area contributed by atoms with Crippen molar-refractivity contribution in [3.8, 4) is 0 Å². The van der Waals surface area contributed by atoms with E-state index in [4.69, 9.17) is 0 Å². The van der Waals surface area contributed by atoms with Crippen molar-refractivity contribution in [1.29, 1.82) is 0 Å². The monoisotopic (exact) mass is 211 g/mol. The quantitative estimate of drug-likeness (QED) is 0.770. The average molecular weight is 211 g/mol. The van der Waals surface area contributed by atoms with Gasteiger partial charge in [0.2, 0.25) is 0 Å². The summed E-state index contributed by atoms with van der Waals surface area (Å²) in [5.41, 5.74) is 0. The van der Waals surface area contributed by atoms with E-state index in [2.05, 4.69) is 24.0 Å². The summed E-state index contributed by atoms with van der Waals surface area (Å²) in [5.74, 6) is 3.63. The van der Waals surface area contributed by atoms with Gasteiger partial charge in [-0.15, -0.1) is 0 Å². The average Bonchev–Trinajstić information content (AvgIpc) is 2.65. The van der Waals surface area contributed by atoms with E-state index in [0.717, 1.165) is 17.9 Å². The predicted octanol–water partition coefficient (Wildman–Crippen LogP) is 2.66. The Morgan fingerprint density at radius 3 is 2.71 bits per heavy atom. The summed E-state index contributed by atoms with van der Waals surface area (Å²) in [5, 5.41) is 3.80. The highest BCUT2D eigenvalue weighted by Crippen LogP contribution is 2.51. The molecule has 0 bridgehead atoms. The lowest BCUT2D eigenvalue weighted by molar-refractivity contribution is 0.440. The molecule has 1 heterocycles. The fourth-order valence-electron chi connectivity index (χ4n) is 3.22. The number of rotatable bonds is 3. The SMILES string of the molecule is CC1(CNC2CC3CC3C2)CCCS1. The van der Waals surface area contributed by atoms with Gasteiger partial charge in [0, 0.05) is 17.3 Å². The van der Waals surface area contributed by atoms with Gasteiger partial charge in [0.05, 0.1) is 0 Å². The smallest absolute Gasteiger partial charge is 0.0256 e. The summed E-state index contributed by atoms with van der Waals surface area (Å²) in [6, 6.07) is 0.872. The van der Waals surface area contributed by atoms with Crippen LogP contribution in [0.1, 0.15) is 39.0 Å². The molecule has 0 radical (unpaired) electrons. The first-order valence-electron chi connectivity index (χ1n) is 6.12. The largest absolute Gasteiger partial charge is 0.313 e. The zero-order valence-electron chi connectivity index (χ0n) is 9.09. The Balaban J connectivity index is 1.45. The first-order chi connectivity index (χ1) is 6.75. The molecule has 3 rings (SSSR count). The van der Waals surface area contributed by atoms with Crippen LogP contribution in [0.3, 0.4) is 0 Å². The van der Waals surface area contributed by atoms with Crippen molar-refractivity contribution in [2.45, 2.75) is 49.8 Å². The molecular formula is C12H21NS. The lowest BCUT2D eigenvalue weighted by atomic mass is 10.0. The van der Waals surface area contributed by atoms with Crippen LogP contribution in [-0.4, -0.2) is 23.1 Å². The van der Waals surface area contributed by atoms with Gasteiger partial charge in [-0.1, -0.05) is 0 Å². The molecule has 0 spiro atoms. The van der Waals surface area contributed by atoms with Gasteiger partial charge >= 0.3 is 0 Å². The number of hydrogen-bond donors (Lipinski definition) is 1. The van der Waals surface area contributed by atoms with Gasteiger partial charge in [-0.2, -0.15) is 11.8 Å². The molecule has 2 heteroatoms. The second-order valence-corrected chi connectivity index (χ2v) is 7.39. The molecule has 0 aromatic carbocycles. The Morgan fingerprint density at radius 2 is 2.07 bits per heavy atom. The Labute approximate surface area is 91.4 Å². The maximum absolute atomic E-state index is 3.80. The minimum atomic E-state index is 0.562. The molecule has 2 aliphatic carbocycles. The topological polar surface area (TPSA) is 12.0 Å². The number of thioether (sulfide) groups is 1. The van der Waals surface area contributed by atoms with E-state index < -0.39 is 0 Å². The highest BCUT2D eigenvalue weighted by molar-refractivity contribution is 8.00. The zero-order valence-corrected chi connectivity index (χ0v) is 9.91. The van der Waals surface area contributed by atoms with Gasteiger partial charge in [-0.05, 0) is 56.6 Å². The van der Waals surface area contributed by atoms with Gasteiger partial charge in [0.25, 0.3) is 0 Å². The summed E-state index contributed by atoms with van der Waals surface area (Å²) in [6.45, 7) is 3.69. The fourth-order valence-corrected chi connectivity index (χ4v) is 4.47. The van der Waals surface area contributed by atoms with Crippen LogP contribution < -0.4 is 5.32 Å². The first-order valence-corrected chi connectivity index (χ1v) is 7.11. The molecule has 0 amide bonds. The Morgan fingerprint density at radius 1 is 1.29 bits per heavy atom. The molecule has 3 unspecified atom stereocenters. The van der Waals surface area contributed by atoms with E-state index in [-0.39, 0.29) is 0 Å². The normalized spacial score (nSPS) is 50.8. The molecule has 3 aliphatic rings. The van der Waals surface area contributed by atoms with Crippen LogP contribution in [0.15, 0.2) is 0 Å². The summed E-state index contributed by atoms with van der Waals surface area (Å²) >= 11 is 2.18. The number of hydrogen-bond acceptors (Lipinski definition) is 2. The third-order valence-corrected chi connectivity index (χ3v) is 5.85. The molecule has 1 saturated heterocycles. The highest BCUT2D eigenvalue weighted by Gasteiger charge is 2.46. The minimum Gasteiger partial charge on any atom is -0.313 e. The molecule has 14 heavy (non-hydrogen) atoms. The highest BCUT2D eigenvalue weighted by atomic mass is 32.2. The summed E-state index contributed by atoms with van der Waals surface area (Å²) in [7, 11) is 0. The van der Waals surface area contributed by atoms with Crippen LogP contribution in [0.25, 0.3) is 0 Å². The molecule has 1 N–H and O–H groups in total. The van der Waals surface area contributed by atoms with Crippen LogP contribution in [0, 0.1) is 11.8 Å². The van der Waals surface area contributed by atoms with E-state index in [1.165, 1.54) is 38.0 Å². The van der Waals surface area contributed by atoms with Gasteiger partial charge < -0.3 is 5.32 Å². The van der Waals surface area contributed by atoms with Crippen molar-refractivity contribution in [2.75, 3.05) is 12.3 Å². The lowest BCUT2D eigenvalue weighted by Crippen LogP contribution is -2.38. The predicted molar refractivity (Wildman–Crippen MR) is 62.7 cm³/mol. The molecule has 80 valence electrons. The Bertz CT molecular complexity index is 212. The third-order valence-electron chi connectivity index (χ3n) is 4.31. The molecule has 1 nitrogen and oxygen atoms in total. The van der Waals surface area contributed by atoms with Gasteiger partial charge in [0.1, 0.15) is 0 Å². The standard InChI is InChI=1S/C12H21NS/c1-12(3-2-4-14-12)8-13-11-6-9-5-10(9)7-11/h9-11,13H,2-8H2,1H3. The summed E-state index contributed by atoms with van der Waals surface area (Å²) < 4.78 is 0.562. The van der Waals surface area contributed by atoms with Crippen molar-refractivity contribution >= 4 is 11.8 Å². The van der Waals surface area contributed by atoms with Crippen molar-refractivity contribution in [3.63, 3.8) is 0 Å². The van der Waals surface area contributed by atoms with Crippen LogP contribution in [0.4, 0.5) is 0 Å². The molecule has 3 fully saturated rings. The van der Waals surface area contributed by atoms with E-state index in [9.17, 15) is 0 Å². The second-order valence-electron chi connectivity index (χ2n) is 5.71. The molecule has 2 saturated carbocycles. The van der Waals surface area contributed by atoms with Crippen molar-refractivity contribution < 1.29 is 0 Å². The van der Waals surface area contributed by atoms with Crippen LogP contribution in [-0.2, 0) is 0 Å². The van der Waals surface area contributed by atoms with Gasteiger partial charge in [-0.3, -0.25) is 0 Å². The van der Waals surface area contributed by atoms with Crippen LogP contribution in [0.2, 0.25) is 0 Å². The van der Waals surface area contributed by atoms with E-state index in [1.807, 2.05) is 0 Å². The number of fused-ring (bicyclic) bond motifs is 1. The van der Waals surface area contributed by atoms with Crippen molar-refractivity contribution in [2.24, 2.45) is 11.8 Å². The summed E-state index contributed by atoms with van der Waals surface area (Å²) in [4.78, 5) is 0. The van der Waals surface area contributed by atoms with E-state index in [1.54, 1.807) is 6.42 Å². The second kappa shape index (κ2) is 3.41. The lowest BCUT2D eigenvalue weighted by Gasteiger charge is -2.26. The van der Waals surface area contributed by atoms with E-state index >= 15 is 0 Å². The Kier molecular flexibility index (Phi) is 2.32. The third kappa shape index (κ3) is 1.83. The summed E-state index contributed by atoms with van der Waals surface area (Å²) in [6.07, 6.45) is 7.35. The van der Waals surface area contributed by atoms with Crippen LogP contribution in [0.5, 0.6) is 0 Å². The molecule has 0 aromatic rings. The van der Waals surface area contributed by atoms with Crippen LogP contribution >= 0.6 is 11.8 Å². The molecular weight excluding hydrogens is 190 g/mol. The fraction of sp³-hybridized carbons (Fsp3) is 1.00. The molecule has 3 atom stereocenters. The van der Waals surface area contributed by atoms with Gasteiger partial charge in [0.15, 0.2) is 0 Å². The Hall–Kier alpha value is 0.310. The van der Waals surface area contributed by atoms with E-state index in [0.29, 0.717) is 4.75 Å². The van der Waals surface area contributed by atoms with Gasteiger partial charge in [-0.25, -0.2) is 0 Å².